The Hall–Kier alpha value is -2.27. The Morgan fingerprint density at radius 2 is 2.05 bits per heavy atom. The molecule has 0 radical (unpaired) electrons. The molecule has 0 bridgehead atoms. The number of nitrogens with one attached hydrogen (secondary N) is 1. The molecule has 0 unspecified atom stereocenters. The number of hydrogen-bond acceptors (Lipinski definition) is 4. The maximum Gasteiger partial charge on any atom is 0.273 e. The quantitative estimate of drug-likeness (QED) is 0.509. The van der Waals surface area contributed by atoms with Gasteiger partial charge in [0.1, 0.15) is 0 Å². The van der Waals surface area contributed by atoms with Crippen LogP contribution in [0.25, 0.3) is 0 Å². The molecule has 98 valence electrons. The second-order valence-electron chi connectivity index (χ2n) is 4.05. The highest BCUT2D eigenvalue weighted by Crippen LogP contribution is 2.23. The number of rotatable bonds is 4. The summed E-state index contributed by atoms with van der Waals surface area (Å²) >= 11 is 5.88. The Morgan fingerprint density at radius 3 is 2.74 bits per heavy atom. The second kappa shape index (κ2) is 5.58. The van der Waals surface area contributed by atoms with Crippen LogP contribution in [0.15, 0.2) is 42.5 Å². The van der Waals surface area contributed by atoms with Crippen LogP contribution in [-0.2, 0) is 6.54 Å². The Kier molecular flexibility index (Phi) is 3.87. The summed E-state index contributed by atoms with van der Waals surface area (Å²) < 4.78 is 0. The van der Waals surface area contributed by atoms with E-state index in [1.807, 2.05) is 18.2 Å². The maximum atomic E-state index is 10.7. The third-order valence-corrected chi connectivity index (χ3v) is 2.77. The number of nitrogens with two attached hydrogens (primary N) is 1. The third-order valence-electron chi connectivity index (χ3n) is 2.54. The predicted molar refractivity (Wildman–Crippen MR) is 76.3 cm³/mol. The molecule has 0 saturated carbocycles. The van der Waals surface area contributed by atoms with E-state index in [0.29, 0.717) is 22.9 Å². The van der Waals surface area contributed by atoms with E-state index in [1.54, 1.807) is 12.1 Å². The maximum absolute atomic E-state index is 10.7. The van der Waals surface area contributed by atoms with Crippen LogP contribution in [0.1, 0.15) is 5.56 Å². The van der Waals surface area contributed by atoms with Crippen molar-refractivity contribution in [2.75, 3.05) is 11.1 Å². The fourth-order valence-corrected chi connectivity index (χ4v) is 1.91. The van der Waals surface area contributed by atoms with Crippen molar-refractivity contribution in [2.24, 2.45) is 0 Å². The molecule has 3 N–H and O–H groups in total. The van der Waals surface area contributed by atoms with E-state index in [-0.39, 0.29) is 5.69 Å². The van der Waals surface area contributed by atoms with E-state index in [1.165, 1.54) is 12.1 Å². The molecule has 0 heterocycles. The average Bonchev–Trinajstić information content (AvgIpc) is 2.36. The summed E-state index contributed by atoms with van der Waals surface area (Å²) in [5.41, 5.74) is 7.53. The normalized spacial score (nSPS) is 10.2. The lowest BCUT2D eigenvalue weighted by Crippen LogP contribution is -2.01. The first-order valence-corrected chi connectivity index (χ1v) is 5.95. The molecular formula is C13H12ClN3O2. The number of anilines is 2. The Balaban J connectivity index is 2.13. The van der Waals surface area contributed by atoms with Crippen LogP contribution in [0.2, 0.25) is 5.02 Å². The van der Waals surface area contributed by atoms with Gasteiger partial charge >= 0.3 is 0 Å². The highest BCUT2D eigenvalue weighted by molar-refractivity contribution is 6.30. The van der Waals surface area contributed by atoms with Crippen molar-refractivity contribution in [1.82, 2.24) is 0 Å². The number of nitro groups is 1. The molecule has 0 atom stereocenters. The third kappa shape index (κ3) is 3.59. The van der Waals surface area contributed by atoms with Crippen LogP contribution in [0.3, 0.4) is 0 Å². The molecule has 0 aliphatic carbocycles. The molecule has 6 heteroatoms. The molecule has 0 aliphatic heterocycles. The standard InChI is InChI=1S/C13H12ClN3O2/c14-10-3-1-2-9(4-10)8-16-12-5-11(15)6-13(7-12)17(18)19/h1-7,16H,8,15H2. The van der Waals surface area contributed by atoms with Gasteiger partial charge in [-0.25, -0.2) is 0 Å². The number of nitrogens with zero attached hydrogens (tertiary/aromatic N) is 1. The van der Waals surface area contributed by atoms with E-state index in [9.17, 15) is 10.1 Å². The van der Waals surface area contributed by atoms with Gasteiger partial charge in [0.2, 0.25) is 0 Å². The van der Waals surface area contributed by atoms with Crippen LogP contribution < -0.4 is 11.1 Å². The molecule has 2 aromatic rings. The number of hydrogen-bond donors (Lipinski definition) is 2. The lowest BCUT2D eigenvalue weighted by Gasteiger charge is -2.07. The molecule has 0 amide bonds. The van der Waals surface area contributed by atoms with Gasteiger partial charge in [-0.3, -0.25) is 10.1 Å². The molecular weight excluding hydrogens is 266 g/mol. The Bertz CT molecular complexity index is 617. The Morgan fingerprint density at radius 1 is 1.26 bits per heavy atom. The smallest absolute Gasteiger partial charge is 0.273 e. The molecule has 0 aliphatic rings. The first-order valence-electron chi connectivity index (χ1n) is 5.58. The van der Waals surface area contributed by atoms with E-state index >= 15 is 0 Å². The van der Waals surface area contributed by atoms with Crippen LogP contribution in [-0.4, -0.2) is 4.92 Å². The van der Waals surface area contributed by atoms with Crippen molar-refractivity contribution < 1.29 is 4.92 Å². The Labute approximate surface area is 115 Å². The molecule has 2 aromatic carbocycles. The van der Waals surface area contributed by atoms with Gasteiger partial charge in [-0.2, -0.15) is 0 Å². The molecule has 5 nitrogen and oxygen atoms in total. The molecule has 0 spiro atoms. The molecule has 0 fully saturated rings. The van der Waals surface area contributed by atoms with Gasteiger partial charge in [0.25, 0.3) is 5.69 Å². The minimum Gasteiger partial charge on any atom is -0.398 e. The molecule has 19 heavy (non-hydrogen) atoms. The summed E-state index contributed by atoms with van der Waals surface area (Å²) in [6.45, 7) is 0.515. The lowest BCUT2D eigenvalue weighted by atomic mass is 10.2. The van der Waals surface area contributed by atoms with Crippen molar-refractivity contribution in [3.8, 4) is 0 Å². The summed E-state index contributed by atoms with van der Waals surface area (Å²) in [5, 5.41) is 14.5. The number of non-ortho nitro benzene ring substituents is 1. The first kappa shape index (κ1) is 13.2. The monoisotopic (exact) mass is 277 g/mol. The second-order valence-corrected chi connectivity index (χ2v) is 4.49. The zero-order chi connectivity index (χ0) is 13.8. The minimum atomic E-state index is -0.471. The lowest BCUT2D eigenvalue weighted by molar-refractivity contribution is -0.384. The van der Waals surface area contributed by atoms with Gasteiger partial charge < -0.3 is 11.1 Å². The zero-order valence-electron chi connectivity index (χ0n) is 9.97. The highest BCUT2D eigenvalue weighted by Gasteiger charge is 2.08. The highest BCUT2D eigenvalue weighted by atomic mass is 35.5. The van der Waals surface area contributed by atoms with Gasteiger partial charge in [-0.1, -0.05) is 23.7 Å². The largest absolute Gasteiger partial charge is 0.398 e. The summed E-state index contributed by atoms with van der Waals surface area (Å²) in [4.78, 5) is 10.3. The van der Waals surface area contributed by atoms with Crippen LogP contribution >= 0.6 is 11.6 Å². The van der Waals surface area contributed by atoms with Crippen molar-refractivity contribution in [1.29, 1.82) is 0 Å². The number of benzene rings is 2. The van der Waals surface area contributed by atoms with Gasteiger partial charge in [-0.15, -0.1) is 0 Å². The van der Waals surface area contributed by atoms with Crippen molar-refractivity contribution in [3.05, 3.63) is 63.2 Å². The van der Waals surface area contributed by atoms with Gasteiger partial charge in [0.15, 0.2) is 0 Å². The molecule has 0 saturated heterocycles. The molecule has 2 rings (SSSR count). The summed E-state index contributed by atoms with van der Waals surface area (Å²) in [6, 6.07) is 11.8. The van der Waals surface area contributed by atoms with Gasteiger partial charge in [0, 0.05) is 35.1 Å². The number of halogens is 1. The SMILES string of the molecule is Nc1cc(NCc2cccc(Cl)c2)cc([N+](=O)[O-])c1. The van der Waals surface area contributed by atoms with Crippen molar-refractivity contribution >= 4 is 28.7 Å². The predicted octanol–water partition coefficient (Wildman–Crippen LogP) is 3.44. The van der Waals surface area contributed by atoms with Gasteiger partial charge in [0.05, 0.1) is 4.92 Å². The average molecular weight is 278 g/mol. The van der Waals surface area contributed by atoms with E-state index in [4.69, 9.17) is 17.3 Å². The fraction of sp³-hybridized carbons (Fsp3) is 0.0769. The zero-order valence-corrected chi connectivity index (χ0v) is 10.7. The summed E-state index contributed by atoms with van der Waals surface area (Å²) in [5.74, 6) is 0. The first-order chi connectivity index (χ1) is 9.04. The van der Waals surface area contributed by atoms with Crippen LogP contribution in [0, 0.1) is 10.1 Å². The van der Waals surface area contributed by atoms with Crippen molar-refractivity contribution in [3.63, 3.8) is 0 Å². The van der Waals surface area contributed by atoms with Gasteiger partial charge in [-0.05, 0) is 23.8 Å². The van der Waals surface area contributed by atoms with Crippen LogP contribution in [0.4, 0.5) is 17.1 Å². The van der Waals surface area contributed by atoms with E-state index in [0.717, 1.165) is 5.56 Å². The van der Waals surface area contributed by atoms with Crippen LogP contribution in [0.5, 0.6) is 0 Å². The summed E-state index contributed by atoms with van der Waals surface area (Å²) in [7, 11) is 0. The van der Waals surface area contributed by atoms with Crippen molar-refractivity contribution in [2.45, 2.75) is 6.54 Å². The topological polar surface area (TPSA) is 81.2 Å². The summed E-state index contributed by atoms with van der Waals surface area (Å²) in [6.07, 6.45) is 0. The molecule has 0 aromatic heterocycles. The van der Waals surface area contributed by atoms with E-state index in [2.05, 4.69) is 5.32 Å². The minimum absolute atomic E-state index is 0.0337. The fourth-order valence-electron chi connectivity index (χ4n) is 1.69. The number of nitrogen functional groups attached to an aromatic ring is 1. The van der Waals surface area contributed by atoms with E-state index < -0.39 is 4.92 Å². The number of nitro benzene ring substituents is 1.